The summed E-state index contributed by atoms with van der Waals surface area (Å²) in [5.74, 6) is 0. The van der Waals surface area contributed by atoms with E-state index >= 15 is 0 Å². The molecule has 3 nitrogen and oxygen atoms in total. The molecule has 0 aliphatic rings. The molecule has 0 N–H and O–H groups in total. The van der Waals surface area contributed by atoms with Crippen molar-refractivity contribution in [3.8, 4) is 6.07 Å². The number of carbonyl (C=O) groups is 1. The van der Waals surface area contributed by atoms with Crippen LogP contribution >= 0.6 is 0 Å². The van der Waals surface area contributed by atoms with Crippen LogP contribution in [0.4, 0.5) is 11.4 Å². The molecular weight excluding hydrogens is 236 g/mol. The van der Waals surface area contributed by atoms with Crippen LogP contribution in [0.25, 0.3) is 0 Å². The fourth-order valence-corrected chi connectivity index (χ4v) is 2.05. The summed E-state index contributed by atoms with van der Waals surface area (Å²) in [6.45, 7) is 2.78. The van der Waals surface area contributed by atoms with Crippen LogP contribution in [0.2, 0.25) is 0 Å². The first-order valence-corrected chi connectivity index (χ1v) is 6.12. The minimum atomic E-state index is 0.510. The van der Waals surface area contributed by atoms with Crippen molar-refractivity contribution in [2.45, 2.75) is 6.92 Å². The van der Waals surface area contributed by atoms with Gasteiger partial charge in [-0.1, -0.05) is 18.2 Å². The largest absolute Gasteiger partial charge is 0.341 e. The molecule has 0 saturated carbocycles. The van der Waals surface area contributed by atoms with Gasteiger partial charge in [-0.05, 0) is 37.3 Å². The molecule has 0 heterocycles. The van der Waals surface area contributed by atoms with Gasteiger partial charge in [-0.15, -0.1) is 0 Å². The highest BCUT2D eigenvalue weighted by molar-refractivity contribution is 5.79. The van der Waals surface area contributed by atoms with Gasteiger partial charge in [0.15, 0.2) is 0 Å². The SMILES string of the molecule is CCN(c1ccccc1)c1ccc(C=O)cc1C#N. The molecule has 2 aromatic rings. The molecule has 0 saturated heterocycles. The fourth-order valence-electron chi connectivity index (χ4n) is 2.05. The van der Waals surface area contributed by atoms with Crippen LogP contribution in [0, 0.1) is 11.3 Å². The Morgan fingerprint density at radius 3 is 2.53 bits per heavy atom. The Balaban J connectivity index is 2.50. The molecule has 3 heteroatoms. The van der Waals surface area contributed by atoms with Crippen molar-refractivity contribution in [2.75, 3.05) is 11.4 Å². The number of rotatable bonds is 4. The average molecular weight is 250 g/mol. The third-order valence-electron chi connectivity index (χ3n) is 2.95. The van der Waals surface area contributed by atoms with Crippen molar-refractivity contribution in [3.63, 3.8) is 0 Å². The van der Waals surface area contributed by atoms with Crippen molar-refractivity contribution < 1.29 is 4.79 Å². The highest BCUT2D eigenvalue weighted by Gasteiger charge is 2.12. The molecule has 0 bridgehead atoms. The highest BCUT2D eigenvalue weighted by Crippen LogP contribution is 2.28. The van der Waals surface area contributed by atoms with E-state index in [4.69, 9.17) is 0 Å². The first-order chi connectivity index (χ1) is 9.30. The second-order valence-electron chi connectivity index (χ2n) is 4.09. The summed E-state index contributed by atoms with van der Waals surface area (Å²) < 4.78 is 0. The number of para-hydroxylation sites is 1. The maximum absolute atomic E-state index is 10.8. The Morgan fingerprint density at radius 2 is 1.95 bits per heavy atom. The number of aldehydes is 1. The second kappa shape index (κ2) is 5.83. The van der Waals surface area contributed by atoms with E-state index in [0.717, 1.165) is 24.2 Å². The van der Waals surface area contributed by atoms with Crippen LogP contribution in [-0.2, 0) is 0 Å². The van der Waals surface area contributed by atoms with Gasteiger partial charge >= 0.3 is 0 Å². The van der Waals surface area contributed by atoms with Crippen molar-refractivity contribution in [3.05, 3.63) is 59.7 Å². The standard InChI is InChI=1S/C16H14N2O/c1-2-18(15-6-4-3-5-7-15)16-9-8-13(12-19)10-14(16)11-17/h3-10,12H,2H2,1H3. The predicted octanol–water partition coefficient (Wildman–Crippen LogP) is 3.53. The van der Waals surface area contributed by atoms with Gasteiger partial charge in [0.25, 0.3) is 0 Å². The summed E-state index contributed by atoms with van der Waals surface area (Å²) in [6.07, 6.45) is 0.753. The molecule has 0 fully saturated rings. The van der Waals surface area contributed by atoms with E-state index in [0.29, 0.717) is 11.1 Å². The fraction of sp³-hybridized carbons (Fsp3) is 0.125. The van der Waals surface area contributed by atoms with Crippen LogP contribution in [0.15, 0.2) is 48.5 Å². The number of carbonyl (C=O) groups excluding carboxylic acids is 1. The molecule has 0 atom stereocenters. The van der Waals surface area contributed by atoms with Crippen LogP contribution < -0.4 is 4.90 Å². The summed E-state index contributed by atoms with van der Waals surface area (Å²) in [5, 5.41) is 9.24. The van der Waals surface area contributed by atoms with E-state index in [2.05, 4.69) is 6.07 Å². The average Bonchev–Trinajstić information content (AvgIpc) is 2.49. The Kier molecular flexibility index (Phi) is 3.94. The third kappa shape index (κ3) is 2.63. The maximum Gasteiger partial charge on any atom is 0.150 e. The minimum Gasteiger partial charge on any atom is -0.341 e. The quantitative estimate of drug-likeness (QED) is 0.780. The molecule has 0 aromatic heterocycles. The molecule has 0 amide bonds. The third-order valence-corrected chi connectivity index (χ3v) is 2.95. The lowest BCUT2D eigenvalue weighted by Crippen LogP contribution is -2.17. The van der Waals surface area contributed by atoms with E-state index < -0.39 is 0 Å². The van der Waals surface area contributed by atoms with E-state index in [-0.39, 0.29) is 0 Å². The molecular formula is C16H14N2O. The van der Waals surface area contributed by atoms with Crippen LogP contribution in [0.5, 0.6) is 0 Å². The lowest BCUT2D eigenvalue weighted by Gasteiger charge is -2.24. The Hall–Kier alpha value is -2.60. The highest BCUT2D eigenvalue weighted by atomic mass is 16.1. The van der Waals surface area contributed by atoms with Gasteiger partial charge < -0.3 is 4.90 Å². The van der Waals surface area contributed by atoms with Gasteiger partial charge in [0.05, 0.1) is 11.3 Å². The van der Waals surface area contributed by atoms with Gasteiger partial charge in [-0.25, -0.2) is 0 Å². The Bertz CT molecular complexity index is 614. The molecule has 2 aromatic carbocycles. The van der Waals surface area contributed by atoms with Crippen molar-refractivity contribution in [1.29, 1.82) is 5.26 Å². The Morgan fingerprint density at radius 1 is 1.21 bits per heavy atom. The van der Waals surface area contributed by atoms with E-state index in [1.54, 1.807) is 12.1 Å². The monoisotopic (exact) mass is 250 g/mol. The summed E-state index contributed by atoms with van der Waals surface area (Å²) in [5.41, 5.74) is 2.88. The molecule has 0 aliphatic carbocycles. The first kappa shape index (κ1) is 12.8. The number of hydrogen-bond donors (Lipinski definition) is 0. The number of hydrogen-bond acceptors (Lipinski definition) is 3. The van der Waals surface area contributed by atoms with Crippen LogP contribution in [-0.4, -0.2) is 12.8 Å². The summed E-state index contributed by atoms with van der Waals surface area (Å²) in [4.78, 5) is 12.8. The zero-order valence-corrected chi connectivity index (χ0v) is 10.7. The lowest BCUT2D eigenvalue weighted by molar-refractivity contribution is 0.112. The van der Waals surface area contributed by atoms with E-state index in [1.807, 2.05) is 48.2 Å². The van der Waals surface area contributed by atoms with Gasteiger partial charge in [-0.2, -0.15) is 5.26 Å². The number of nitrogens with zero attached hydrogens (tertiary/aromatic N) is 2. The Labute approximate surface area is 112 Å². The summed E-state index contributed by atoms with van der Waals surface area (Å²) in [6, 6.07) is 17.2. The second-order valence-corrected chi connectivity index (χ2v) is 4.09. The predicted molar refractivity (Wildman–Crippen MR) is 75.7 cm³/mol. The van der Waals surface area contributed by atoms with Crippen molar-refractivity contribution in [1.82, 2.24) is 0 Å². The van der Waals surface area contributed by atoms with E-state index in [1.165, 1.54) is 0 Å². The molecule has 2 rings (SSSR count). The summed E-state index contributed by atoms with van der Waals surface area (Å²) in [7, 11) is 0. The number of anilines is 2. The molecule has 0 radical (unpaired) electrons. The molecule has 19 heavy (non-hydrogen) atoms. The van der Waals surface area contributed by atoms with Crippen molar-refractivity contribution in [2.24, 2.45) is 0 Å². The van der Waals surface area contributed by atoms with E-state index in [9.17, 15) is 10.1 Å². The van der Waals surface area contributed by atoms with Crippen molar-refractivity contribution >= 4 is 17.7 Å². The first-order valence-electron chi connectivity index (χ1n) is 6.12. The molecule has 0 aliphatic heterocycles. The van der Waals surface area contributed by atoms with Crippen LogP contribution in [0.3, 0.4) is 0 Å². The maximum atomic E-state index is 10.8. The minimum absolute atomic E-state index is 0.510. The molecule has 0 spiro atoms. The molecule has 0 unspecified atom stereocenters. The van der Waals surface area contributed by atoms with Gasteiger partial charge in [-0.3, -0.25) is 4.79 Å². The topological polar surface area (TPSA) is 44.1 Å². The van der Waals surface area contributed by atoms with Gasteiger partial charge in [0, 0.05) is 17.8 Å². The zero-order valence-electron chi connectivity index (χ0n) is 10.7. The number of benzene rings is 2. The lowest BCUT2D eigenvalue weighted by atomic mass is 10.1. The van der Waals surface area contributed by atoms with Crippen LogP contribution in [0.1, 0.15) is 22.8 Å². The number of nitriles is 1. The molecule has 94 valence electrons. The smallest absolute Gasteiger partial charge is 0.150 e. The summed E-state index contributed by atoms with van der Waals surface area (Å²) >= 11 is 0. The van der Waals surface area contributed by atoms with Gasteiger partial charge in [0.2, 0.25) is 0 Å². The van der Waals surface area contributed by atoms with Gasteiger partial charge in [0.1, 0.15) is 12.4 Å². The zero-order chi connectivity index (χ0) is 13.7. The normalized spacial score (nSPS) is 9.68.